The zero-order valence-corrected chi connectivity index (χ0v) is 15.1. The first-order chi connectivity index (χ1) is 14.0. The van der Waals surface area contributed by atoms with E-state index in [1.807, 2.05) is 6.07 Å². The van der Waals surface area contributed by atoms with Crippen molar-refractivity contribution in [3.63, 3.8) is 0 Å². The van der Waals surface area contributed by atoms with Crippen molar-refractivity contribution in [1.29, 1.82) is 0 Å². The molecule has 0 aromatic carbocycles. The summed E-state index contributed by atoms with van der Waals surface area (Å²) in [4.78, 5) is 47.0. The SMILES string of the molecule is NC(=O)C(=O)C(Cc1c[nH]c2[nH]ccc12)NC(=O)c1ccnn1-c1ccccn1. The van der Waals surface area contributed by atoms with E-state index in [1.54, 1.807) is 36.8 Å². The minimum absolute atomic E-state index is 0.100. The summed E-state index contributed by atoms with van der Waals surface area (Å²) >= 11 is 0. The average Bonchev–Trinajstić information content (AvgIpc) is 3.45. The molecule has 146 valence electrons. The standard InChI is InChI=1S/C19H17N7O3/c20-17(28)16(27)13(9-11-10-23-18-12(11)4-7-22-18)25-19(29)14-5-8-24-26(14)15-3-1-2-6-21-15/h1-8,10,13,22-23H,9H2,(H2,20,28)(H,25,29). The number of aromatic amines is 2. The fraction of sp³-hybridized carbons (Fsp3) is 0.105. The van der Waals surface area contributed by atoms with E-state index in [1.165, 1.54) is 16.9 Å². The number of aromatic nitrogens is 5. The second-order valence-corrected chi connectivity index (χ2v) is 6.36. The Kier molecular flexibility index (Phi) is 4.65. The number of nitrogens with one attached hydrogen (secondary N) is 3. The second-order valence-electron chi connectivity index (χ2n) is 6.36. The van der Waals surface area contributed by atoms with Crippen molar-refractivity contribution < 1.29 is 14.4 Å². The molecule has 1 unspecified atom stereocenters. The lowest BCUT2D eigenvalue weighted by Crippen LogP contribution is -2.47. The van der Waals surface area contributed by atoms with Crippen LogP contribution < -0.4 is 11.1 Å². The van der Waals surface area contributed by atoms with E-state index in [2.05, 4.69) is 25.4 Å². The topological polar surface area (TPSA) is 152 Å². The van der Waals surface area contributed by atoms with Crippen LogP contribution in [-0.4, -0.2) is 48.4 Å². The summed E-state index contributed by atoms with van der Waals surface area (Å²) in [6.07, 6.45) is 6.59. The molecule has 0 bridgehead atoms. The first kappa shape index (κ1) is 18.2. The fourth-order valence-electron chi connectivity index (χ4n) is 3.13. The van der Waals surface area contributed by atoms with Gasteiger partial charge in [0, 0.05) is 30.4 Å². The second kappa shape index (κ2) is 7.43. The molecule has 4 aromatic rings. The molecule has 4 rings (SSSR count). The lowest BCUT2D eigenvalue weighted by molar-refractivity contribution is -0.137. The highest BCUT2D eigenvalue weighted by Crippen LogP contribution is 2.18. The van der Waals surface area contributed by atoms with Gasteiger partial charge < -0.3 is 21.0 Å². The van der Waals surface area contributed by atoms with E-state index >= 15 is 0 Å². The van der Waals surface area contributed by atoms with Crippen molar-refractivity contribution in [2.45, 2.75) is 12.5 Å². The Hall–Kier alpha value is -4.21. The van der Waals surface area contributed by atoms with Crippen molar-refractivity contribution in [3.05, 3.63) is 66.4 Å². The Morgan fingerprint density at radius 3 is 2.76 bits per heavy atom. The van der Waals surface area contributed by atoms with Gasteiger partial charge in [0.1, 0.15) is 17.4 Å². The smallest absolute Gasteiger partial charge is 0.287 e. The van der Waals surface area contributed by atoms with E-state index in [0.29, 0.717) is 5.82 Å². The van der Waals surface area contributed by atoms with Crippen LogP contribution in [0.15, 0.2) is 55.1 Å². The number of nitrogens with two attached hydrogens (primary N) is 1. The van der Waals surface area contributed by atoms with Gasteiger partial charge in [-0.15, -0.1) is 0 Å². The average molecular weight is 391 g/mol. The third-order valence-corrected chi connectivity index (χ3v) is 4.51. The van der Waals surface area contributed by atoms with E-state index in [9.17, 15) is 14.4 Å². The maximum Gasteiger partial charge on any atom is 0.287 e. The molecule has 2 amide bonds. The predicted octanol–water partition coefficient (Wildman–Crippen LogP) is 0.472. The number of nitrogens with zero attached hydrogens (tertiary/aromatic N) is 3. The third kappa shape index (κ3) is 3.50. The predicted molar refractivity (Wildman–Crippen MR) is 103 cm³/mol. The van der Waals surface area contributed by atoms with Gasteiger partial charge in [-0.3, -0.25) is 14.4 Å². The molecule has 5 N–H and O–H groups in total. The number of ketones is 1. The van der Waals surface area contributed by atoms with E-state index in [4.69, 9.17) is 5.73 Å². The quantitative estimate of drug-likeness (QED) is 0.338. The molecule has 0 fully saturated rings. The molecule has 0 saturated carbocycles. The molecule has 4 aromatic heterocycles. The lowest BCUT2D eigenvalue weighted by Gasteiger charge is -2.16. The first-order valence-electron chi connectivity index (χ1n) is 8.78. The normalized spacial score (nSPS) is 12.0. The number of hydrogen-bond acceptors (Lipinski definition) is 5. The molecular weight excluding hydrogens is 374 g/mol. The number of carbonyl (C=O) groups excluding carboxylic acids is 3. The number of amides is 2. The van der Waals surface area contributed by atoms with Crippen LogP contribution in [0.3, 0.4) is 0 Å². The first-order valence-corrected chi connectivity index (χ1v) is 8.78. The van der Waals surface area contributed by atoms with Gasteiger partial charge in [0.15, 0.2) is 5.82 Å². The third-order valence-electron chi connectivity index (χ3n) is 4.51. The summed E-state index contributed by atoms with van der Waals surface area (Å²) in [5, 5.41) is 7.58. The van der Waals surface area contributed by atoms with Crippen molar-refractivity contribution in [1.82, 2.24) is 30.0 Å². The van der Waals surface area contributed by atoms with Gasteiger partial charge in [0.2, 0.25) is 5.78 Å². The van der Waals surface area contributed by atoms with E-state index in [-0.39, 0.29) is 12.1 Å². The Labute approximate surface area is 164 Å². The van der Waals surface area contributed by atoms with Crippen molar-refractivity contribution in [2.24, 2.45) is 5.73 Å². The molecule has 1 atom stereocenters. The molecule has 0 saturated heterocycles. The molecule has 4 heterocycles. The fourth-order valence-corrected chi connectivity index (χ4v) is 3.13. The number of fused-ring (bicyclic) bond motifs is 1. The van der Waals surface area contributed by atoms with Crippen LogP contribution in [0.25, 0.3) is 16.9 Å². The van der Waals surface area contributed by atoms with Crippen LogP contribution in [-0.2, 0) is 16.0 Å². The number of rotatable bonds is 7. The summed E-state index contributed by atoms with van der Waals surface area (Å²) in [7, 11) is 0. The monoisotopic (exact) mass is 391 g/mol. The van der Waals surface area contributed by atoms with Gasteiger partial charge in [-0.25, -0.2) is 9.67 Å². The number of hydrogen-bond donors (Lipinski definition) is 4. The highest BCUT2D eigenvalue weighted by atomic mass is 16.2. The van der Waals surface area contributed by atoms with Gasteiger partial charge in [-0.1, -0.05) is 6.07 Å². The van der Waals surface area contributed by atoms with Crippen LogP contribution in [0.5, 0.6) is 0 Å². The zero-order valence-electron chi connectivity index (χ0n) is 15.1. The van der Waals surface area contributed by atoms with Crippen LogP contribution in [0.1, 0.15) is 16.1 Å². The van der Waals surface area contributed by atoms with E-state index < -0.39 is 23.6 Å². The summed E-state index contributed by atoms with van der Waals surface area (Å²) in [6.45, 7) is 0. The molecule has 10 heteroatoms. The summed E-state index contributed by atoms with van der Waals surface area (Å²) in [5.74, 6) is -2.13. The Morgan fingerprint density at radius 1 is 1.14 bits per heavy atom. The molecule has 29 heavy (non-hydrogen) atoms. The summed E-state index contributed by atoms with van der Waals surface area (Å²) < 4.78 is 1.35. The zero-order chi connectivity index (χ0) is 20.4. The van der Waals surface area contributed by atoms with Crippen LogP contribution in [0, 0.1) is 0 Å². The number of Topliss-reactive ketones (excluding diaryl/α,β-unsaturated/α-hetero) is 1. The maximum atomic E-state index is 12.9. The van der Waals surface area contributed by atoms with Gasteiger partial charge in [-0.05, 0) is 29.8 Å². The highest BCUT2D eigenvalue weighted by molar-refractivity contribution is 6.38. The molecule has 0 radical (unpaired) electrons. The number of H-pyrrole nitrogens is 2. The largest absolute Gasteiger partial charge is 0.363 e. The van der Waals surface area contributed by atoms with Gasteiger partial charge in [-0.2, -0.15) is 5.10 Å². The van der Waals surface area contributed by atoms with Crippen molar-refractivity contribution in [3.8, 4) is 5.82 Å². The molecule has 0 aliphatic rings. The molecule has 0 aliphatic heterocycles. The molecular formula is C19H17N7O3. The minimum atomic E-state index is -1.12. The number of primary amides is 1. The lowest BCUT2D eigenvalue weighted by atomic mass is 10.0. The van der Waals surface area contributed by atoms with Crippen molar-refractivity contribution in [2.75, 3.05) is 0 Å². The molecule has 0 spiro atoms. The van der Waals surface area contributed by atoms with Crippen LogP contribution in [0.2, 0.25) is 0 Å². The maximum absolute atomic E-state index is 12.9. The van der Waals surface area contributed by atoms with Crippen LogP contribution >= 0.6 is 0 Å². The summed E-state index contributed by atoms with van der Waals surface area (Å²) in [6, 6.07) is 7.41. The Bertz CT molecular complexity index is 1190. The van der Waals surface area contributed by atoms with Gasteiger partial charge in [0.05, 0.1) is 6.20 Å². The minimum Gasteiger partial charge on any atom is -0.363 e. The van der Waals surface area contributed by atoms with Gasteiger partial charge >= 0.3 is 0 Å². The van der Waals surface area contributed by atoms with Crippen molar-refractivity contribution >= 4 is 28.6 Å². The van der Waals surface area contributed by atoms with Crippen LogP contribution in [0.4, 0.5) is 0 Å². The Balaban J connectivity index is 1.61. The summed E-state index contributed by atoms with van der Waals surface area (Å²) in [5.41, 5.74) is 6.91. The number of carbonyl (C=O) groups is 3. The van der Waals surface area contributed by atoms with E-state index in [0.717, 1.165) is 16.6 Å². The number of pyridine rings is 1. The molecule has 10 nitrogen and oxygen atoms in total. The Morgan fingerprint density at radius 2 is 2.00 bits per heavy atom. The molecule has 0 aliphatic carbocycles. The van der Waals surface area contributed by atoms with Gasteiger partial charge in [0.25, 0.3) is 11.8 Å². The highest BCUT2D eigenvalue weighted by Gasteiger charge is 2.28.